The lowest BCUT2D eigenvalue weighted by molar-refractivity contribution is 0.207. The first-order valence-corrected chi connectivity index (χ1v) is 11.0. The molecule has 1 unspecified atom stereocenters. The average molecular weight is 423 g/mol. The van der Waals surface area contributed by atoms with E-state index < -0.39 is 9.84 Å². The Bertz CT molecular complexity index is 1110. The fourth-order valence-electron chi connectivity index (χ4n) is 3.34. The molecule has 8 heteroatoms. The van der Waals surface area contributed by atoms with Gasteiger partial charge in [-0.05, 0) is 60.4 Å². The average Bonchev–Trinajstić information content (AvgIpc) is 3.23. The van der Waals surface area contributed by atoms with Crippen molar-refractivity contribution < 1.29 is 13.2 Å². The van der Waals surface area contributed by atoms with Crippen LogP contribution >= 0.6 is 23.2 Å². The first-order valence-electron chi connectivity index (χ1n) is 8.31. The van der Waals surface area contributed by atoms with Crippen LogP contribution in [0.1, 0.15) is 23.7 Å². The fraction of sp³-hybridized carbons (Fsp3) is 0.211. The van der Waals surface area contributed by atoms with Gasteiger partial charge in [-0.15, -0.1) is 0 Å². The van der Waals surface area contributed by atoms with E-state index in [1.807, 2.05) is 18.2 Å². The molecule has 1 heterocycles. The molecule has 0 radical (unpaired) electrons. The quantitative estimate of drug-likeness (QED) is 0.613. The summed E-state index contributed by atoms with van der Waals surface area (Å²) in [5, 5.41) is 1.27. The zero-order valence-corrected chi connectivity index (χ0v) is 16.7. The van der Waals surface area contributed by atoms with Crippen molar-refractivity contribution in [1.29, 1.82) is 0 Å². The van der Waals surface area contributed by atoms with Crippen LogP contribution in [-0.4, -0.2) is 24.2 Å². The summed E-state index contributed by atoms with van der Waals surface area (Å²) in [7, 11) is -3.41. The Labute approximate surface area is 167 Å². The number of imidazole rings is 1. The number of ether oxygens (including phenoxy) is 1. The van der Waals surface area contributed by atoms with Gasteiger partial charge in [0.1, 0.15) is 11.9 Å². The second kappa shape index (κ2) is 6.86. The predicted octanol–water partition coefficient (Wildman–Crippen LogP) is 4.65. The number of sulfone groups is 1. The van der Waals surface area contributed by atoms with Crippen molar-refractivity contribution >= 4 is 33.0 Å². The predicted molar refractivity (Wildman–Crippen MR) is 105 cm³/mol. The van der Waals surface area contributed by atoms with Gasteiger partial charge >= 0.3 is 0 Å². The lowest BCUT2D eigenvalue weighted by atomic mass is 10.1. The topological polar surface area (TPSA) is 61.2 Å². The van der Waals surface area contributed by atoms with Gasteiger partial charge in [-0.1, -0.05) is 23.2 Å². The highest BCUT2D eigenvalue weighted by molar-refractivity contribution is 7.90. The Balaban J connectivity index is 1.58. The summed E-state index contributed by atoms with van der Waals surface area (Å²) in [5.74, 6) is 0.689. The lowest BCUT2D eigenvalue weighted by Gasteiger charge is -2.16. The first-order chi connectivity index (χ1) is 12.8. The van der Waals surface area contributed by atoms with Crippen LogP contribution in [0.5, 0.6) is 5.75 Å². The summed E-state index contributed by atoms with van der Waals surface area (Å²) in [6, 6.07) is 10.9. The van der Waals surface area contributed by atoms with Crippen LogP contribution < -0.4 is 4.74 Å². The minimum Gasteiger partial charge on any atom is -0.486 e. The monoisotopic (exact) mass is 422 g/mol. The lowest BCUT2D eigenvalue weighted by Crippen LogP contribution is -2.07. The van der Waals surface area contributed by atoms with Crippen LogP contribution in [0.3, 0.4) is 0 Å². The summed E-state index contributed by atoms with van der Waals surface area (Å²) in [6.45, 7) is 0. The second-order valence-corrected chi connectivity index (χ2v) is 9.20. The molecule has 0 bridgehead atoms. The van der Waals surface area contributed by atoms with Gasteiger partial charge in [0.05, 0.1) is 0 Å². The van der Waals surface area contributed by atoms with Gasteiger partial charge in [0.25, 0.3) is 0 Å². The van der Waals surface area contributed by atoms with E-state index in [4.69, 9.17) is 27.9 Å². The van der Waals surface area contributed by atoms with Crippen LogP contribution in [0.25, 0.3) is 5.69 Å². The highest BCUT2D eigenvalue weighted by atomic mass is 35.5. The third-order valence-electron chi connectivity index (χ3n) is 4.53. The Hall–Kier alpha value is -2.02. The van der Waals surface area contributed by atoms with E-state index in [0.29, 0.717) is 21.5 Å². The molecule has 1 aromatic heterocycles. The fourth-order valence-corrected chi connectivity index (χ4v) is 4.72. The standard InChI is InChI=1S/C19H16Cl2N2O3S/c1-27(24,25)19-22-8-9-23(19)13-2-4-14(5-3-13)26-18-7-6-15-16(18)10-12(20)11-17(15)21/h2-5,8-11,18H,6-7H2,1H3. The van der Waals surface area contributed by atoms with Gasteiger partial charge in [-0.3, -0.25) is 4.57 Å². The summed E-state index contributed by atoms with van der Waals surface area (Å²) in [5.41, 5.74) is 2.79. The molecule has 4 rings (SSSR count). The van der Waals surface area contributed by atoms with E-state index in [0.717, 1.165) is 30.2 Å². The maximum Gasteiger partial charge on any atom is 0.231 e. The molecule has 1 atom stereocenters. The number of benzene rings is 2. The summed E-state index contributed by atoms with van der Waals surface area (Å²) in [4.78, 5) is 3.93. The molecule has 140 valence electrons. The molecular formula is C19H16Cl2N2O3S. The highest BCUT2D eigenvalue weighted by Gasteiger charge is 2.26. The van der Waals surface area contributed by atoms with Crippen LogP contribution in [-0.2, 0) is 16.3 Å². The summed E-state index contributed by atoms with van der Waals surface area (Å²) < 4.78 is 31.3. The molecule has 27 heavy (non-hydrogen) atoms. The molecule has 0 N–H and O–H groups in total. The zero-order chi connectivity index (χ0) is 19.2. The van der Waals surface area contributed by atoms with E-state index in [9.17, 15) is 8.42 Å². The molecular weight excluding hydrogens is 407 g/mol. The maximum atomic E-state index is 11.8. The third kappa shape index (κ3) is 3.57. The van der Waals surface area contributed by atoms with Crippen LogP contribution in [0, 0.1) is 0 Å². The smallest absolute Gasteiger partial charge is 0.231 e. The Morgan fingerprint density at radius 2 is 1.93 bits per heavy atom. The molecule has 3 aromatic rings. The third-order valence-corrected chi connectivity index (χ3v) is 6.05. The SMILES string of the molecule is CS(=O)(=O)c1nccn1-c1ccc(OC2CCc3c(Cl)cc(Cl)cc32)cc1. The largest absolute Gasteiger partial charge is 0.486 e. The first kappa shape index (κ1) is 18.3. The Morgan fingerprint density at radius 1 is 1.19 bits per heavy atom. The van der Waals surface area contributed by atoms with Gasteiger partial charge in [0, 0.05) is 34.4 Å². The molecule has 0 saturated carbocycles. The summed E-state index contributed by atoms with van der Waals surface area (Å²) in [6.07, 6.45) is 5.78. The number of halogens is 2. The highest BCUT2D eigenvalue weighted by Crippen LogP contribution is 2.40. The van der Waals surface area contributed by atoms with Gasteiger partial charge in [0.2, 0.25) is 15.0 Å². The number of fused-ring (bicyclic) bond motifs is 1. The summed E-state index contributed by atoms with van der Waals surface area (Å²) >= 11 is 12.4. The Morgan fingerprint density at radius 3 is 2.63 bits per heavy atom. The van der Waals surface area contributed by atoms with E-state index in [2.05, 4.69) is 4.98 Å². The van der Waals surface area contributed by atoms with Crippen molar-refractivity contribution in [2.75, 3.05) is 6.26 Å². The van der Waals surface area contributed by atoms with Crippen LogP contribution in [0.2, 0.25) is 10.0 Å². The van der Waals surface area contributed by atoms with Gasteiger partial charge in [0.15, 0.2) is 0 Å². The zero-order valence-electron chi connectivity index (χ0n) is 14.4. The molecule has 1 aliphatic rings. The van der Waals surface area contributed by atoms with Crippen molar-refractivity contribution in [3.05, 3.63) is 70.0 Å². The molecule has 1 aliphatic carbocycles. The van der Waals surface area contributed by atoms with Gasteiger partial charge in [-0.2, -0.15) is 0 Å². The van der Waals surface area contributed by atoms with Crippen LogP contribution in [0.4, 0.5) is 0 Å². The van der Waals surface area contributed by atoms with Crippen LogP contribution in [0.15, 0.2) is 53.9 Å². The number of nitrogens with zero attached hydrogens (tertiary/aromatic N) is 2. The maximum absolute atomic E-state index is 11.8. The minimum atomic E-state index is -3.41. The second-order valence-electron chi connectivity index (χ2n) is 6.45. The van der Waals surface area contributed by atoms with Crippen molar-refractivity contribution in [1.82, 2.24) is 9.55 Å². The molecule has 0 spiro atoms. The number of rotatable bonds is 4. The number of hydrogen-bond donors (Lipinski definition) is 0. The van der Waals surface area contributed by atoms with Crippen molar-refractivity contribution in [3.63, 3.8) is 0 Å². The molecule has 2 aromatic carbocycles. The minimum absolute atomic E-state index is 0.00479. The van der Waals surface area contributed by atoms with E-state index in [1.165, 1.54) is 10.8 Å². The number of hydrogen-bond acceptors (Lipinski definition) is 4. The van der Waals surface area contributed by atoms with Crippen molar-refractivity contribution in [2.45, 2.75) is 24.1 Å². The van der Waals surface area contributed by atoms with Gasteiger partial charge in [-0.25, -0.2) is 13.4 Å². The molecule has 0 saturated heterocycles. The van der Waals surface area contributed by atoms with E-state index >= 15 is 0 Å². The molecule has 5 nitrogen and oxygen atoms in total. The van der Waals surface area contributed by atoms with E-state index in [-0.39, 0.29) is 11.3 Å². The Kier molecular flexibility index (Phi) is 4.66. The normalized spacial score (nSPS) is 16.3. The molecule has 0 amide bonds. The molecule has 0 fully saturated rings. The van der Waals surface area contributed by atoms with Crippen molar-refractivity contribution in [2.24, 2.45) is 0 Å². The number of aromatic nitrogens is 2. The molecule has 0 aliphatic heterocycles. The van der Waals surface area contributed by atoms with Crippen molar-refractivity contribution in [3.8, 4) is 11.4 Å². The van der Waals surface area contributed by atoms with E-state index in [1.54, 1.807) is 24.4 Å². The van der Waals surface area contributed by atoms with Gasteiger partial charge < -0.3 is 4.74 Å².